The monoisotopic (exact) mass is 714 g/mol. The standard InChI is InChI=1S/C37H50N10O5/c1-2-3-16-41-30(19-26-21-40-23-44-26)36(51)46-31(17-24-10-5-4-6-11-24)37(52)45-29(14-9-15-38)35(50)47-32(34(49)43-22-33(39)48)18-25-20-42-28-13-8-7-12-27(25)28/h4-8,10-13,20-21,23,29-32,41-42H,2-3,9,14-19,22,38H2,1H3,(H2,39,48)(H,40,44)(H,43,49)(H,45,52)(H,46,51)(H,47,50)/t29-,30-,31+,32-/m0/s1. The summed E-state index contributed by atoms with van der Waals surface area (Å²) < 4.78 is 0. The quantitative estimate of drug-likeness (QED) is 0.0517. The van der Waals surface area contributed by atoms with Gasteiger partial charge in [-0.15, -0.1) is 0 Å². The minimum absolute atomic E-state index is 0.0906. The Morgan fingerprint density at radius 1 is 0.769 bits per heavy atom. The van der Waals surface area contributed by atoms with E-state index in [0.717, 1.165) is 40.6 Å². The smallest absolute Gasteiger partial charge is 0.243 e. The maximum atomic E-state index is 14.1. The molecule has 15 heteroatoms. The third kappa shape index (κ3) is 12.1. The number of primary amides is 1. The molecule has 0 unspecified atom stereocenters. The third-order valence-electron chi connectivity index (χ3n) is 8.63. The normalized spacial score (nSPS) is 13.4. The number of H-pyrrole nitrogens is 2. The zero-order valence-electron chi connectivity index (χ0n) is 29.5. The number of aromatic nitrogens is 3. The number of benzene rings is 2. The number of nitrogens with zero attached hydrogens (tertiary/aromatic N) is 1. The van der Waals surface area contributed by atoms with Crippen LogP contribution < -0.4 is 38.1 Å². The SMILES string of the molecule is CCCCN[C@@H](Cc1cnc[nH]1)C(=O)N[C@H](Cc1ccccc1)C(=O)N[C@@H](CCCN)C(=O)N[C@@H](Cc1c[nH]c2ccccc12)C(=O)NCC(N)=O. The average Bonchev–Trinajstić information content (AvgIpc) is 3.81. The second kappa shape index (κ2) is 20.3. The molecule has 278 valence electrons. The highest BCUT2D eigenvalue weighted by Crippen LogP contribution is 2.19. The number of amides is 5. The molecule has 0 radical (unpaired) electrons. The van der Waals surface area contributed by atoms with E-state index in [4.69, 9.17) is 11.5 Å². The van der Waals surface area contributed by atoms with E-state index in [9.17, 15) is 24.0 Å². The van der Waals surface area contributed by atoms with Crippen LogP contribution >= 0.6 is 0 Å². The van der Waals surface area contributed by atoms with Gasteiger partial charge in [-0.25, -0.2) is 4.98 Å². The molecule has 0 spiro atoms. The molecule has 0 aliphatic carbocycles. The molecule has 2 aromatic carbocycles. The number of nitrogens with one attached hydrogen (secondary N) is 7. The average molecular weight is 715 g/mol. The van der Waals surface area contributed by atoms with Gasteiger partial charge in [-0.05, 0) is 49.5 Å². The number of imidazole rings is 1. The summed E-state index contributed by atoms with van der Waals surface area (Å²) in [7, 11) is 0. The molecule has 0 aliphatic heterocycles. The molecule has 4 aromatic rings. The predicted octanol–water partition coefficient (Wildman–Crippen LogP) is 0.472. The van der Waals surface area contributed by atoms with Crippen molar-refractivity contribution in [3.63, 3.8) is 0 Å². The fraction of sp³-hybridized carbons (Fsp3) is 0.405. The van der Waals surface area contributed by atoms with Gasteiger partial charge >= 0.3 is 0 Å². The van der Waals surface area contributed by atoms with Gasteiger partial charge in [0.25, 0.3) is 0 Å². The van der Waals surface area contributed by atoms with Gasteiger partial charge in [-0.3, -0.25) is 24.0 Å². The summed E-state index contributed by atoms with van der Waals surface area (Å²) in [5.74, 6) is -2.93. The van der Waals surface area contributed by atoms with Crippen molar-refractivity contribution >= 4 is 40.4 Å². The summed E-state index contributed by atoms with van der Waals surface area (Å²) in [5, 5.41) is 15.2. The number of hydrogen-bond acceptors (Lipinski definition) is 8. The number of para-hydroxylation sites is 1. The molecule has 2 heterocycles. The first kappa shape index (κ1) is 39.2. The first-order valence-electron chi connectivity index (χ1n) is 17.6. The Kier molecular flexibility index (Phi) is 15.4. The fourth-order valence-electron chi connectivity index (χ4n) is 5.82. The Balaban J connectivity index is 1.55. The Bertz CT molecular complexity index is 1740. The van der Waals surface area contributed by atoms with E-state index in [1.54, 1.807) is 18.7 Å². The van der Waals surface area contributed by atoms with Gasteiger partial charge in [-0.2, -0.15) is 0 Å². The zero-order valence-corrected chi connectivity index (χ0v) is 29.5. The van der Waals surface area contributed by atoms with Crippen LogP contribution in [0.15, 0.2) is 73.3 Å². The van der Waals surface area contributed by atoms with Crippen molar-refractivity contribution in [3.05, 3.63) is 90.1 Å². The molecule has 5 amide bonds. The predicted molar refractivity (Wildman–Crippen MR) is 197 cm³/mol. The van der Waals surface area contributed by atoms with Gasteiger partial charge in [0, 0.05) is 48.3 Å². The van der Waals surface area contributed by atoms with E-state index >= 15 is 0 Å². The van der Waals surface area contributed by atoms with Gasteiger partial charge in [0.1, 0.15) is 18.1 Å². The number of fused-ring (bicyclic) bond motifs is 1. The van der Waals surface area contributed by atoms with Crippen LogP contribution in [0.25, 0.3) is 10.9 Å². The summed E-state index contributed by atoms with van der Waals surface area (Å²) >= 11 is 0. The lowest BCUT2D eigenvalue weighted by atomic mass is 10.0. The maximum Gasteiger partial charge on any atom is 0.243 e. The number of carbonyl (C=O) groups excluding carboxylic acids is 5. The molecule has 0 bridgehead atoms. The molecule has 15 nitrogen and oxygen atoms in total. The van der Waals surface area contributed by atoms with Crippen LogP contribution in [-0.4, -0.2) is 88.3 Å². The van der Waals surface area contributed by atoms with Crippen molar-refractivity contribution < 1.29 is 24.0 Å². The van der Waals surface area contributed by atoms with Crippen molar-refractivity contribution in [1.29, 1.82) is 0 Å². The second-order valence-electron chi connectivity index (χ2n) is 12.7. The summed E-state index contributed by atoms with van der Waals surface area (Å²) in [6.07, 6.45) is 7.89. The molecule has 4 atom stereocenters. The van der Waals surface area contributed by atoms with Crippen LogP contribution in [0.4, 0.5) is 0 Å². The highest BCUT2D eigenvalue weighted by Gasteiger charge is 2.31. The van der Waals surface area contributed by atoms with Crippen molar-refractivity contribution in [2.24, 2.45) is 11.5 Å². The highest BCUT2D eigenvalue weighted by atomic mass is 16.2. The number of hydrogen-bond donors (Lipinski definition) is 9. The molecule has 0 aliphatic rings. The molecule has 0 saturated heterocycles. The van der Waals surface area contributed by atoms with E-state index in [-0.39, 0.29) is 31.7 Å². The third-order valence-corrected chi connectivity index (χ3v) is 8.63. The van der Waals surface area contributed by atoms with Crippen LogP contribution in [-0.2, 0) is 43.2 Å². The first-order valence-corrected chi connectivity index (χ1v) is 17.6. The Morgan fingerprint density at radius 3 is 2.13 bits per heavy atom. The van der Waals surface area contributed by atoms with E-state index in [0.29, 0.717) is 19.4 Å². The Labute approximate surface area is 302 Å². The van der Waals surface area contributed by atoms with Crippen molar-refractivity contribution in [2.75, 3.05) is 19.6 Å². The number of carbonyl (C=O) groups is 5. The Morgan fingerprint density at radius 2 is 1.44 bits per heavy atom. The lowest BCUT2D eigenvalue weighted by molar-refractivity contribution is -0.134. The number of nitrogens with two attached hydrogens (primary N) is 2. The number of aromatic amines is 2. The first-order chi connectivity index (χ1) is 25.2. The lowest BCUT2D eigenvalue weighted by Crippen LogP contribution is -2.59. The molecule has 4 rings (SSSR count). The summed E-state index contributed by atoms with van der Waals surface area (Å²) in [4.78, 5) is 76.7. The van der Waals surface area contributed by atoms with Crippen LogP contribution in [0, 0.1) is 0 Å². The second-order valence-corrected chi connectivity index (χ2v) is 12.7. The topological polar surface area (TPSA) is 242 Å². The van der Waals surface area contributed by atoms with Crippen LogP contribution in [0.1, 0.15) is 49.4 Å². The van der Waals surface area contributed by atoms with Crippen LogP contribution in [0.2, 0.25) is 0 Å². The van der Waals surface area contributed by atoms with E-state index in [1.807, 2.05) is 54.6 Å². The van der Waals surface area contributed by atoms with Gasteiger partial charge < -0.3 is 48.0 Å². The zero-order chi connectivity index (χ0) is 37.3. The number of rotatable bonds is 22. The van der Waals surface area contributed by atoms with Crippen molar-refractivity contribution in [3.8, 4) is 0 Å². The molecular formula is C37H50N10O5. The fourth-order valence-corrected chi connectivity index (χ4v) is 5.82. The van der Waals surface area contributed by atoms with Gasteiger partial charge in [0.05, 0.1) is 18.9 Å². The molecule has 11 N–H and O–H groups in total. The molecule has 0 fully saturated rings. The lowest BCUT2D eigenvalue weighted by Gasteiger charge is -2.27. The van der Waals surface area contributed by atoms with Gasteiger partial charge in [0.15, 0.2) is 0 Å². The van der Waals surface area contributed by atoms with Crippen molar-refractivity contribution in [2.45, 2.75) is 76.0 Å². The van der Waals surface area contributed by atoms with Crippen LogP contribution in [0.3, 0.4) is 0 Å². The van der Waals surface area contributed by atoms with E-state index in [1.165, 1.54) is 0 Å². The maximum absolute atomic E-state index is 14.1. The van der Waals surface area contributed by atoms with E-state index < -0.39 is 54.3 Å². The molecule has 2 aromatic heterocycles. The van der Waals surface area contributed by atoms with Crippen LogP contribution in [0.5, 0.6) is 0 Å². The van der Waals surface area contributed by atoms with Gasteiger partial charge in [-0.1, -0.05) is 61.9 Å². The van der Waals surface area contributed by atoms with Crippen molar-refractivity contribution in [1.82, 2.24) is 41.5 Å². The highest BCUT2D eigenvalue weighted by molar-refractivity contribution is 5.96. The minimum Gasteiger partial charge on any atom is -0.368 e. The summed E-state index contributed by atoms with van der Waals surface area (Å²) in [5.41, 5.74) is 14.3. The minimum atomic E-state index is -1.11. The number of unbranched alkanes of at least 4 members (excludes halogenated alkanes) is 1. The molecular weight excluding hydrogens is 664 g/mol. The summed E-state index contributed by atoms with van der Waals surface area (Å²) in [6, 6.07) is 12.9. The van der Waals surface area contributed by atoms with Gasteiger partial charge in [0.2, 0.25) is 29.5 Å². The molecule has 0 saturated carbocycles. The largest absolute Gasteiger partial charge is 0.368 e. The Hall–Kier alpha value is -5.54. The summed E-state index contributed by atoms with van der Waals surface area (Å²) in [6.45, 7) is 2.50. The molecule has 52 heavy (non-hydrogen) atoms. The van der Waals surface area contributed by atoms with E-state index in [2.05, 4.69) is 48.5 Å².